The Balaban J connectivity index is 1.99. The third kappa shape index (κ3) is 4.13. The second-order valence-electron chi connectivity index (χ2n) is 7.21. The van der Waals surface area contributed by atoms with E-state index in [1.807, 2.05) is 25.1 Å². The van der Waals surface area contributed by atoms with Gasteiger partial charge in [0.2, 0.25) is 5.91 Å². The van der Waals surface area contributed by atoms with Crippen molar-refractivity contribution in [3.05, 3.63) is 65.2 Å². The Hall–Kier alpha value is -2.82. The first-order valence-corrected chi connectivity index (χ1v) is 9.45. The van der Waals surface area contributed by atoms with Crippen LogP contribution in [0.25, 0.3) is 0 Å². The number of carboxylic acid groups (broad SMARTS) is 1. The highest BCUT2D eigenvalue weighted by Crippen LogP contribution is 2.38. The number of carboxylic acids is 1. The summed E-state index contributed by atoms with van der Waals surface area (Å²) in [5.41, 5.74) is 8.78. The first-order valence-electron chi connectivity index (χ1n) is 9.45. The summed E-state index contributed by atoms with van der Waals surface area (Å²) in [5, 5.41) is 9.28. The van der Waals surface area contributed by atoms with Crippen molar-refractivity contribution in [1.29, 1.82) is 0 Å². The third-order valence-corrected chi connectivity index (χ3v) is 5.42. The molecule has 142 valence electrons. The summed E-state index contributed by atoms with van der Waals surface area (Å²) in [6, 6.07) is 14.7. The molecule has 0 aromatic heterocycles. The van der Waals surface area contributed by atoms with E-state index in [9.17, 15) is 14.7 Å². The number of nitrogens with zero attached hydrogens (tertiary/aromatic N) is 1. The fraction of sp³-hybridized carbons (Fsp3) is 0.364. The fourth-order valence-electron chi connectivity index (χ4n) is 4.04. The average Bonchev–Trinajstić information content (AvgIpc) is 2.68. The zero-order valence-electron chi connectivity index (χ0n) is 15.6. The molecule has 3 rings (SSSR count). The zero-order chi connectivity index (χ0) is 19.4. The number of piperidine rings is 1. The van der Waals surface area contributed by atoms with Crippen LogP contribution in [-0.4, -0.2) is 30.1 Å². The highest BCUT2D eigenvalue weighted by Gasteiger charge is 2.29. The molecular formula is C22H26N2O3. The lowest BCUT2D eigenvalue weighted by molar-refractivity contribution is -0.119. The number of para-hydroxylation sites is 1. The molecule has 1 saturated heterocycles. The number of nitrogens with two attached hydrogens (primary N) is 1. The molecule has 2 unspecified atom stereocenters. The maximum absolute atomic E-state index is 12.3. The van der Waals surface area contributed by atoms with E-state index in [2.05, 4.69) is 11.0 Å². The molecule has 3 N–H and O–H groups in total. The maximum Gasteiger partial charge on any atom is 0.335 e. The van der Waals surface area contributed by atoms with Crippen LogP contribution in [0.15, 0.2) is 48.5 Å². The van der Waals surface area contributed by atoms with Crippen LogP contribution in [0.2, 0.25) is 0 Å². The number of carbonyl (C=O) groups is 2. The minimum absolute atomic E-state index is 0.162. The summed E-state index contributed by atoms with van der Waals surface area (Å²) >= 11 is 0. The quantitative estimate of drug-likeness (QED) is 0.815. The van der Waals surface area contributed by atoms with E-state index in [1.54, 1.807) is 18.2 Å². The van der Waals surface area contributed by atoms with E-state index in [0.717, 1.165) is 24.3 Å². The largest absolute Gasteiger partial charge is 0.478 e. The molecule has 0 aliphatic carbocycles. The van der Waals surface area contributed by atoms with Crippen LogP contribution in [0.5, 0.6) is 0 Å². The van der Waals surface area contributed by atoms with Crippen LogP contribution in [-0.2, 0) is 4.79 Å². The average molecular weight is 366 g/mol. The van der Waals surface area contributed by atoms with E-state index >= 15 is 0 Å². The van der Waals surface area contributed by atoms with Gasteiger partial charge in [0.1, 0.15) is 0 Å². The van der Waals surface area contributed by atoms with E-state index in [1.165, 1.54) is 25.3 Å². The van der Waals surface area contributed by atoms with E-state index < -0.39 is 17.8 Å². The molecule has 0 spiro atoms. The molecule has 0 bridgehead atoms. The topological polar surface area (TPSA) is 83.6 Å². The second kappa shape index (κ2) is 8.25. The molecule has 27 heavy (non-hydrogen) atoms. The molecule has 1 fully saturated rings. The van der Waals surface area contributed by atoms with Gasteiger partial charge in [-0.05, 0) is 54.5 Å². The Bertz CT molecular complexity index is 828. The summed E-state index contributed by atoms with van der Waals surface area (Å²) < 4.78 is 0. The summed E-state index contributed by atoms with van der Waals surface area (Å²) in [6.45, 7) is 4.02. The number of primary amides is 1. The molecule has 2 atom stereocenters. The van der Waals surface area contributed by atoms with Crippen LogP contribution < -0.4 is 10.6 Å². The fourth-order valence-corrected chi connectivity index (χ4v) is 4.04. The Morgan fingerprint density at radius 1 is 1.04 bits per heavy atom. The lowest BCUT2D eigenvalue weighted by Gasteiger charge is -2.33. The van der Waals surface area contributed by atoms with Gasteiger partial charge in [-0.15, -0.1) is 0 Å². The van der Waals surface area contributed by atoms with Gasteiger partial charge in [0, 0.05) is 18.8 Å². The molecular weight excluding hydrogens is 340 g/mol. The molecule has 0 radical (unpaired) electrons. The van der Waals surface area contributed by atoms with Crippen LogP contribution in [0.3, 0.4) is 0 Å². The number of carbonyl (C=O) groups excluding carboxylic acids is 1. The molecule has 1 amide bonds. The summed E-state index contributed by atoms with van der Waals surface area (Å²) in [6.07, 6.45) is 3.59. The Morgan fingerprint density at radius 3 is 2.41 bits per heavy atom. The highest BCUT2D eigenvalue weighted by atomic mass is 16.4. The number of rotatable bonds is 6. The number of amides is 1. The van der Waals surface area contributed by atoms with Gasteiger partial charge >= 0.3 is 5.97 Å². The SMILES string of the molecule is CC(c1ccccc1N1CCCCC1)C(C(N)=O)c1cccc(C(=O)O)c1. The highest BCUT2D eigenvalue weighted by molar-refractivity contribution is 5.89. The first-order chi connectivity index (χ1) is 13.0. The predicted molar refractivity (Wildman–Crippen MR) is 106 cm³/mol. The van der Waals surface area contributed by atoms with Gasteiger partial charge in [0.05, 0.1) is 11.5 Å². The van der Waals surface area contributed by atoms with Crippen molar-refractivity contribution in [3.8, 4) is 0 Å². The number of hydrogen-bond donors (Lipinski definition) is 2. The van der Waals surface area contributed by atoms with Gasteiger partial charge in [0.15, 0.2) is 0 Å². The number of aromatic carboxylic acids is 1. The van der Waals surface area contributed by atoms with Crippen molar-refractivity contribution in [2.75, 3.05) is 18.0 Å². The summed E-state index contributed by atoms with van der Waals surface area (Å²) in [7, 11) is 0. The van der Waals surface area contributed by atoms with Gasteiger partial charge < -0.3 is 15.7 Å². The third-order valence-electron chi connectivity index (χ3n) is 5.42. The molecule has 0 saturated carbocycles. The lowest BCUT2D eigenvalue weighted by atomic mass is 9.80. The van der Waals surface area contributed by atoms with Crippen molar-refractivity contribution in [2.45, 2.75) is 38.0 Å². The molecule has 1 aliphatic heterocycles. The van der Waals surface area contributed by atoms with Crippen molar-refractivity contribution < 1.29 is 14.7 Å². The van der Waals surface area contributed by atoms with Gasteiger partial charge in [-0.3, -0.25) is 4.79 Å². The van der Waals surface area contributed by atoms with E-state index in [0.29, 0.717) is 5.56 Å². The van der Waals surface area contributed by atoms with E-state index in [-0.39, 0.29) is 11.5 Å². The smallest absolute Gasteiger partial charge is 0.335 e. The minimum atomic E-state index is -1.01. The summed E-state index contributed by atoms with van der Waals surface area (Å²) in [5.74, 6) is -2.21. The molecule has 1 heterocycles. The second-order valence-corrected chi connectivity index (χ2v) is 7.21. The Labute approximate surface area is 159 Å². The van der Waals surface area contributed by atoms with Gasteiger partial charge in [0.25, 0.3) is 0 Å². The molecule has 2 aromatic carbocycles. The molecule has 2 aromatic rings. The maximum atomic E-state index is 12.3. The normalized spacial score (nSPS) is 16.6. The Kier molecular flexibility index (Phi) is 5.79. The molecule has 5 heteroatoms. The van der Waals surface area contributed by atoms with Gasteiger partial charge in [-0.2, -0.15) is 0 Å². The van der Waals surface area contributed by atoms with Gasteiger partial charge in [-0.25, -0.2) is 4.79 Å². The van der Waals surface area contributed by atoms with Crippen LogP contribution in [0.1, 0.15) is 59.5 Å². The van der Waals surface area contributed by atoms with E-state index in [4.69, 9.17) is 5.73 Å². The van der Waals surface area contributed by atoms with Crippen LogP contribution in [0, 0.1) is 0 Å². The molecule has 1 aliphatic rings. The number of benzene rings is 2. The number of anilines is 1. The molecule has 5 nitrogen and oxygen atoms in total. The Morgan fingerprint density at radius 2 is 1.74 bits per heavy atom. The standard InChI is InChI=1S/C22H26N2O3/c1-15(18-10-3-4-11-19(18)24-12-5-2-6-13-24)20(21(23)25)16-8-7-9-17(14-16)22(26)27/h3-4,7-11,14-15,20H,2,5-6,12-13H2,1H3,(H2,23,25)(H,26,27). The monoisotopic (exact) mass is 366 g/mol. The number of hydrogen-bond acceptors (Lipinski definition) is 3. The van der Waals surface area contributed by atoms with Gasteiger partial charge in [-0.1, -0.05) is 37.3 Å². The van der Waals surface area contributed by atoms with Crippen LogP contribution in [0.4, 0.5) is 5.69 Å². The minimum Gasteiger partial charge on any atom is -0.478 e. The first kappa shape index (κ1) is 19.0. The van der Waals surface area contributed by atoms with Crippen LogP contribution >= 0.6 is 0 Å². The summed E-state index contributed by atoms with van der Waals surface area (Å²) in [4.78, 5) is 26.0. The van der Waals surface area contributed by atoms with Crippen molar-refractivity contribution in [1.82, 2.24) is 0 Å². The zero-order valence-corrected chi connectivity index (χ0v) is 15.6. The lowest BCUT2D eigenvalue weighted by Crippen LogP contribution is -2.32. The van der Waals surface area contributed by atoms with Crippen molar-refractivity contribution >= 4 is 17.6 Å². The predicted octanol–water partition coefficient (Wildman–Crippen LogP) is 3.75. The van der Waals surface area contributed by atoms with Crippen molar-refractivity contribution in [2.24, 2.45) is 5.73 Å². The van der Waals surface area contributed by atoms with Crippen molar-refractivity contribution in [3.63, 3.8) is 0 Å².